The third-order valence-corrected chi connectivity index (χ3v) is 8.07. The highest BCUT2D eigenvalue weighted by Gasteiger charge is 2.24. The van der Waals surface area contributed by atoms with Crippen molar-refractivity contribution in [1.29, 1.82) is 0 Å². The molecule has 0 radical (unpaired) electrons. The molecular weight excluding hydrogens is 458 g/mol. The minimum Gasteiger partial charge on any atom is -0.335 e. The molecule has 2 aromatic rings. The van der Waals surface area contributed by atoms with E-state index in [0.717, 1.165) is 74.7 Å². The van der Waals surface area contributed by atoms with Crippen LogP contribution in [0.25, 0.3) is 5.69 Å². The maximum Gasteiger partial charge on any atom is 0.315 e. The number of aromatic nitrogens is 3. The molecule has 2 saturated heterocycles. The number of hydrogen-bond acceptors (Lipinski definition) is 5. The van der Waals surface area contributed by atoms with Crippen molar-refractivity contribution in [2.45, 2.75) is 83.1 Å². The lowest BCUT2D eigenvalue weighted by Gasteiger charge is -2.32. The van der Waals surface area contributed by atoms with Gasteiger partial charge >= 0.3 is 6.03 Å². The summed E-state index contributed by atoms with van der Waals surface area (Å²) in [7, 11) is 0. The number of hydrogen-bond donors (Lipinski definition) is 2. The van der Waals surface area contributed by atoms with Crippen molar-refractivity contribution in [3.63, 3.8) is 0 Å². The van der Waals surface area contributed by atoms with E-state index in [4.69, 9.17) is 17.3 Å². The SMILES string of the molecule is O=C(NC1CCCCC1)NC1CCN(Cn2nc(CN3CCCC3)n(-c3ccccc3)c2=S)CC1. The minimum absolute atomic E-state index is 0.00530. The molecule has 1 aromatic heterocycles. The lowest BCUT2D eigenvalue weighted by atomic mass is 9.96. The van der Waals surface area contributed by atoms with Crippen LogP contribution in [0.3, 0.4) is 0 Å². The molecule has 2 N–H and O–H groups in total. The number of carbonyl (C=O) groups excluding carboxylic acids is 1. The van der Waals surface area contributed by atoms with Crippen LogP contribution >= 0.6 is 12.2 Å². The Hall–Kier alpha value is -2.23. The van der Waals surface area contributed by atoms with Gasteiger partial charge < -0.3 is 10.6 Å². The molecule has 0 atom stereocenters. The smallest absolute Gasteiger partial charge is 0.315 e. The Morgan fingerprint density at radius 3 is 2.20 bits per heavy atom. The molecule has 0 bridgehead atoms. The van der Waals surface area contributed by atoms with Gasteiger partial charge in [-0.05, 0) is 76.0 Å². The molecule has 0 spiro atoms. The van der Waals surface area contributed by atoms with Gasteiger partial charge in [0.05, 0.1) is 13.2 Å². The topological polar surface area (TPSA) is 70.4 Å². The highest BCUT2D eigenvalue weighted by atomic mass is 32.1. The van der Waals surface area contributed by atoms with Crippen molar-refractivity contribution in [2.24, 2.45) is 0 Å². The van der Waals surface area contributed by atoms with Crippen LogP contribution in [0, 0.1) is 4.77 Å². The molecule has 3 heterocycles. The second-order valence-electron chi connectivity index (χ2n) is 10.3. The van der Waals surface area contributed by atoms with E-state index >= 15 is 0 Å². The Balaban J connectivity index is 1.19. The third kappa shape index (κ3) is 6.32. The van der Waals surface area contributed by atoms with Gasteiger partial charge in [-0.15, -0.1) is 0 Å². The van der Waals surface area contributed by atoms with Crippen LogP contribution in [0.15, 0.2) is 30.3 Å². The summed E-state index contributed by atoms with van der Waals surface area (Å²) < 4.78 is 4.87. The number of amides is 2. The van der Waals surface area contributed by atoms with E-state index in [2.05, 4.69) is 49.3 Å². The zero-order chi connectivity index (χ0) is 24.0. The van der Waals surface area contributed by atoms with Gasteiger partial charge in [-0.25, -0.2) is 9.48 Å². The van der Waals surface area contributed by atoms with E-state index in [-0.39, 0.29) is 12.1 Å². The summed E-state index contributed by atoms with van der Waals surface area (Å²) in [5, 5.41) is 11.4. The van der Waals surface area contributed by atoms with Crippen molar-refractivity contribution in [1.82, 2.24) is 34.8 Å². The first kappa shape index (κ1) is 24.5. The van der Waals surface area contributed by atoms with Gasteiger partial charge in [0.25, 0.3) is 0 Å². The molecule has 1 saturated carbocycles. The van der Waals surface area contributed by atoms with Crippen LogP contribution in [-0.4, -0.2) is 68.4 Å². The normalized spacial score (nSPS) is 20.8. The predicted molar refractivity (Wildman–Crippen MR) is 140 cm³/mol. The number of urea groups is 1. The summed E-state index contributed by atoms with van der Waals surface area (Å²) in [6.07, 6.45) is 10.4. The van der Waals surface area contributed by atoms with Gasteiger partial charge in [0.15, 0.2) is 5.82 Å². The number of benzene rings is 1. The summed E-state index contributed by atoms with van der Waals surface area (Å²) in [6.45, 7) is 5.62. The fourth-order valence-corrected chi connectivity index (χ4v) is 6.00. The van der Waals surface area contributed by atoms with E-state index in [0.29, 0.717) is 12.7 Å². The molecule has 3 fully saturated rings. The maximum absolute atomic E-state index is 12.4. The summed E-state index contributed by atoms with van der Waals surface area (Å²) in [6, 6.07) is 10.9. The monoisotopic (exact) mass is 497 g/mol. The Morgan fingerprint density at radius 2 is 1.51 bits per heavy atom. The Labute approximate surface area is 213 Å². The van der Waals surface area contributed by atoms with E-state index in [1.807, 2.05) is 10.7 Å². The maximum atomic E-state index is 12.4. The lowest BCUT2D eigenvalue weighted by Crippen LogP contribution is -2.50. The summed E-state index contributed by atoms with van der Waals surface area (Å²) in [5.74, 6) is 1.01. The molecule has 0 unspecified atom stereocenters. The lowest BCUT2D eigenvalue weighted by molar-refractivity contribution is 0.150. The number of nitrogens with one attached hydrogen (secondary N) is 2. The number of para-hydroxylation sites is 1. The van der Waals surface area contributed by atoms with Gasteiger partial charge in [-0.3, -0.25) is 14.4 Å². The molecule has 3 aliphatic rings. The predicted octanol–water partition coefficient (Wildman–Crippen LogP) is 4.05. The van der Waals surface area contributed by atoms with Gasteiger partial charge in [0.2, 0.25) is 4.77 Å². The number of rotatable bonds is 7. The molecular formula is C26H39N7OS. The first-order valence-electron chi connectivity index (χ1n) is 13.4. The van der Waals surface area contributed by atoms with E-state index in [1.54, 1.807) is 0 Å². The minimum atomic E-state index is 0.00530. The van der Waals surface area contributed by atoms with Crippen LogP contribution in [0.1, 0.15) is 63.6 Å². The number of carbonyl (C=O) groups is 1. The fourth-order valence-electron chi connectivity index (χ4n) is 5.69. The Bertz CT molecular complexity index is 1020. The first-order chi connectivity index (χ1) is 17.2. The quantitative estimate of drug-likeness (QED) is 0.565. The number of piperidine rings is 1. The first-order valence-corrected chi connectivity index (χ1v) is 13.8. The average Bonchev–Trinajstić information content (AvgIpc) is 3.49. The number of likely N-dealkylation sites (tertiary alicyclic amines) is 2. The number of nitrogens with zero attached hydrogens (tertiary/aromatic N) is 5. The third-order valence-electron chi connectivity index (χ3n) is 7.68. The van der Waals surface area contributed by atoms with Crippen molar-refractivity contribution in [3.05, 3.63) is 40.9 Å². The molecule has 5 rings (SSSR count). The molecule has 1 aliphatic carbocycles. The standard InChI is InChI=1S/C26H39N7OS/c34-25(27-21-9-3-1-4-10-21)28-22-13-17-31(18-14-22)20-32-26(35)33(23-11-5-2-6-12-23)24(29-32)19-30-15-7-8-16-30/h2,5-6,11-12,21-22H,1,3-4,7-10,13-20H2,(H2,27,28,34). The molecule has 8 nitrogen and oxygen atoms in total. The molecule has 2 aliphatic heterocycles. The van der Waals surface area contributed by atoms with Gasteiger partial charge in [0.1, 0.15) is 0 Å². The van der Waals surface area contributed by atoms with Gasteiger partial charge in [-0.1, -0.05) is 37.5 Å². The molecule has 1 aromatic carbocycles. The Morgan fingerprint density at radius 1 is 0.857 bits per heavy atom. The van der Waals surface area contributed by atoms with Gasteiger partial charge in [0, 0.05) is 30.9 Å². The summed E-state index contributed by atoms with van der Waals surface area (Å²) in [5.41, 5.74) is 1.07. The van der Waals surface area contributed by atoms with Gasteiger partial charge in [-0.2, -0.15) is 5.10 Å². The van der Waals surface area contributed by atoms with Crippen molar-refractivity contribution < 1.29 is 4.79 Å². The molecule has 190 valence electrons. The summed E-state index contributed by atoms with van der Waals surface area (Å²) in [4.78, 5) is 17.3. The van der Waals surface area contributed by atoms with E-state index < -0.39 is 0 Å². The average molecular weight is 498 g/mol. The molecule has 35 heavy (non-hydrogen) atoms. The molecule has 9 heteroatoms. The summed E-state index contributed by atoms with van der Waals surface area (Å²) >= 11 is 5.92. The zero-order valence-corrected chi connectivity index (χ0v) is 21.5. The van der Waals surface area contributed by atoms with Crippen molar-refractivity contribution >= 4 is 18.2 Å². The fraction of sp³-hybridized carbons (Fsp3) is 0.654. The highest BCUT2D eigenvalue weighted by Crippen LogP contribution is 2.19. The second kappa shape index (κ2) is 11.7. The zero-order valence-electron chi connectivity index (χ0n) is 20.7. The van der Waals surface area contributed by atoms with E-state index in [1.165, 1.54) is 32.1 Å². The second-order valence-corrected chi connectivity index (χ2v) is 10.7. The van der Waals surface area contributed by atoms with Crippen LogP contribution in [0.5, 0.6) is 0 Å². The van der Waals surface area contributed by atoms with Crippen LogP contribution < -0.4 is 10.6 Å². The van der Waals surface area contributed by atoms with Crippen LogP contribution in [0.4, 0.5) is 4.79 Å². The highest BCUT2D eigenvalue weighted by molar-refractivity contribution is 7.71. The Kier molecular flexibility index (Phi) is 8.16. The van der Waals surface area contributed by atoms with Crippen LogP contribution in [-0.2, 0) is 13.2 Å². The van der Waals surface area contributed by atoms with Crippen LogP contribution in [0.2, 0.25) is 0 Å². The van der Waals surface area contributed by atoms with E-state index in [9.17, 15) is 4.79 Å². The van der Waals surface area contributed by atoms with Crippen molar-refractivity contribution in [2.75, 3.05) is 26.2 Å². The largest absolute Gasteiger partial charge is 0.335 e. The van der Waals surface area contributed by atoms with Crippen molar-refractivity contribution in [3.8, 4) is 5.69 Å². The molecule has 2 amide bonds.